The van der Waals surface area contributed by atoms with Crippen molar-refractivity contribution in [3.8, 4) is 0 Å². The van der Waals surface area contributed by atoms with E-state index in [-0.39, 0.29) is 0 Å². The molecule has 0 aromatic carbocycles. The molecule has 0 bridgehead atoms. The van der Waals surface area contributed by atoms with E-state index in [0.717, 1.165) is 23.5 Å². The van der Waals surface area contributed by atoms with Gasteiger partial charge in [-0.3, -0.25) is 4.98 Å². The van der Waals surface area contributed by atoms with Gasteiger partial charge in [0.2, 0.25) is 0 Å². The number of rotatable bonds is 4. The van der Waals surface area contributed by atoms with Crippen molar-refractivity contribution in [2.24, 2.45) is 5.92 Å². The summed E-state index contributed by atoms with van der Waals surface area (Å²) in [6.07, 6.45) is 6.07. The molecule has 1 aliphatic carbocycles. The Hall–Kier alpha value is -0.120. The summed E-state index contributed by atoms with van der Waals surface area (Å²) in [6.45, 7) is 2.09. The van der Waals surface area contributed by atoms with Gasteiger partial charge in [0.25, 0.3) is 0 Å². The van der Waals surface area contributed by atoms with Gasteiger partial charge in [-0.1, -0.05) is 0 Å². The van der Waals surface area contributed by atoms with Crippen LogP contribution >= 0.6 is 27.5 Å². The van der Waals surface area contributed by atoms with Gasteiger partial charge >= 0.3 is 0 Å². The third kappa shape index (κ3) is 3.44. The zero-order chi connectivity index (χ0) is 11.5. The molecule has 0 N–H and O–H groups in total. The van der Waals surface area contributed by atoms with Gasteiger partial charge in [0.05, 0.1) is 0 Å². The lowest BCUT2D eigenvalue weighted by atomic mass is 9.84. The van der Waals surface area contributed by atoms with Crippen LogP contribution in [0, 0.1) is 5.92 Å². The van der Waals surface area contributed by atoms with Gasteiger partial charge < -0.3 is 4.90 Å². The van der Waals surface area contributed by atoms with Crippen molar-refractivity contribution < 1.29 is 0 Å². The largest absolute Gasteiger partial charge is 0.302 e. The summed E-state index contributed by atoms with van der Waals surface area (Å²) in [5.74, 6) is 0.785. The van der Waals surface area contributed by atoms with Crippen molar-refractivity contribution in [2.45, 2.75) is 24.8 Å². The second-order valence-corrected chi connectivity index (χ2v) is 6.18. The molecule has 0 aliphatic heterocycles. The second-order valence-electron chi connectivity index (χ2n) is 4.64. The number of alkyl halides is 1. The van der Waals surface area contributed by atoms with E-state index in [1.165, 1.54) is 18.4 Å². The maximum absolute atomic E-state index is 5.97. The zero-order valence-corrected chi connectivity index (χ0v) is 11.7. The fourth-order valence-electron chi connectivity index (χ4n) is 2.16. The molecule has 1 aromatic rings. The Morgan fingerprint density at radius 3 is 2.88 bits per heavy atom. The van der Waals surface area contributed by atoms with Crippen molar-refractivity contribution in [1.82, 2.24) is 9.88 Å². The first-order valence-electron chi connectivity index (χ1n) is 5.55. The van der Waals surface area contributed by atoms with Crippen LogP contribution in [0.4, 0.5) is 0 Å². The maximum atomic E-state index is 5.97. The molecule has 1 aliphatic rings. The first-order valence-corrected chi connectivity index (χ1v) is 6.78. The first-order chi connectivity index (χ1) is 7.63. The quantitative estimate of drug-likeness (QED) is 0.794. The molecular formula is C12H16BrClN2. The molecule has 0 atom stereocenters. The fraction of sp³-hybridized carbons (Fsp3) is 0.583. The van der Waals surface area contributed by atoms with E-state index in [1.807, 2.05) is 12.4 Å². The van der Waals surface area contributed by atoms with Gasteiger partial charge in [-0.2, -0.15) is 0 Å². The molecule has 2 nitrogen and oxygen atoms in total. The number of nitrogens with zero attached hydrogens (tertiary/aromatic N) is 2. The Balaban J connectivity index is 1.80. The Morgan fingerprint density at radius 1 is 1.50 bits per heavy atom. The van der Waals surface area contributed by atoms with Crippen LogP contribution < -0.4 is 0 Å². The molecule has 0 saturated heterocycles. The standard InChI is InChI=1S/C12H16BrClN2/c1-16(7-9-3-12(14)4-9)8-10-2-11(13)6-15-5-10/h2,5-6,9,12H,3-4,7-8H2,1H3. The van der Waals surface area contributed by atoms with Crippen LogP contribution in [0.2, 0.25) is 0 Å². The molecule has 0 amide bonds. The van der Waals surface area contributed by atoms with Crippen molar-refractivity contribution in [3.63, 3.8) is 0 Å². The third-order valence-electron chi connectivity index (χ3n) is 2.96. The lowest BCUT2D eigenvalue weighted by Crippen LogP contribution is -2.34. The van der Waals surface area contributed by atoms with Gasteiger partial charge in [-0.15, -0.1) is 11.6 Å². The summed E-state index contributed by atoms with van der Waals surface area (Å²) in [5, 5.41) is 0.422. The molecule has 1 aromatic heterocycles. The van der Waals surface area contributed by atoms with Crippen LogP contribution in [0.25, 0.3) is 0 Å². The highest BCUT2D eigenvalue weighted by atomic mass is 79.9. The summed E-state index contributed by atoms with van der Waals surface area (Å²) in [5.41, 5.74) is 1.25. The van der Waals surface area contributed by atoms with Crippen molar-refractivity contribution in [1.29, 1.82) is 0 Å². The van der Waals surface area contributed by atoms with E-state index in [1.54, 1.807) is 0 Å². The second kappa shape index (κ2) is 5.48. The summed E-state index contributed by atoms with van der Waals surface area (Å²) < 4.78 is 1.04. The van der Waals surface area contributed by atoms with Crippen LogP contribution in [-0.4, -0.2) is 28.9 Å². The summed E-state index contributed by atoms with van der Waals surface area (Å²) in [7, 11) is 2.16. The third-order valence-corrected chi connectivity index (χ3v) is 3.75. The van der Waals surface area contributed by atoms with Gasteiger partial charge in [0.1, 0.15) is 0 Å². The van der Waals surface area contributed by atoms with Gasteiger partial charge in [-0.05, 0) is 53.4 Å². The highest BCUT2D eigenvalue weighted by molar-refractivity contribution is 9.10. The molecule has 88 valence electrons. The van der Waals surface area contributed by atoms with E-state index in [9.17, 15) is 0 Å². The number of hydrogen-bond donors (Lipinski definition) is 0. The lowest BCUT2D eigenvalue weighted by molar-refractivity contribution is 0.204. The van der Waals surface area contributed by atoms with Crippen LogP contribution in [0.5, 0.6) is 0 Å². The van der Waals surface area contributed by atoms with Gasteiger partial charge in [0, 0.05) is 35.3 Å². The van der Waals surface area contributed by atoms with E-state index >= 15 is 0 Å². The molecular weight excluding hydrogens is 288 g/mol. The molecule has 1 saturated carbocycles. The number of hydrogen-bond acceptors (Lipinski definition) is 2. The Morgan fingerprint density at radius 2 is 2.25 bits per heavy atom. The van der Waals surface area contributed by atoms with Crippen LogP contribution in [0.3, 0.4) is 0 Å². The Kier molecular flexibility index (Phi) is 4.22. The zero-order valence-electron chi connectivity index (χ0n) is 9.37. The van der Waals surface area contributed by atoms with Gasteiger partial charge in [-0.25, -0.2) is 0 Å². The number of halogens is 2. The molecule has 16 heavy (non-hydrogen) atoms. The molecule has 0 unspecified atom stereocenters. The summed E-state index contributed by atoms with van der Waals surface area (Å²) in [4.78, 5) is 6.51. The van der Waals surface area contributed by atoms with Crippen LogP contribution in [-0.2, 0) is 6.54 Å². The van der Waals surface area contributed by atoms with Crippen molar-refractivity contribution in [3.05, 3.63) is 28.5 Å². The van der Waals surface area contributed by atoms with E-state index in [2.05, 4.69) is 38.9 Å². The average molecular weight is 304 g/mol. The average Bonchev–Trinajstić information content (AvgIpc) is 2.15. The van der Waals surface area contributed by atoms with E-state index in [4.69, 9.17) is 11.6 Å². The topological polar surface area (TPSA) is 16.1 Å². The molecule has 0 spiro atoms. The first kappa shape index (κ1) is 12.3. The van der Waals surface area contributed by atoms with E-state index in [0.29, 0.717) is 5.38 Å². The summed E-state index contributed by atoms with van der Waals surface area (Å²) >= 11 is 9.41. The van der Waals surface area contributed by atoms with Crippen LogP contribution in [0.15, 0.2) is 22.9 Å². The highest BCUT2D eigenvalue weighted by Gasteiger charge is 2.27. The van der Waals surface area contributed by atoms with Crippen LogP contribution in [0.1, 0.15) is 18.4 Å². The fourth-order valence-corrected chi connectivity index (χ4v) is 3.08. The molecule has 2 rings (SSSR count). The number of aromatic nitrogens is 1. The maximum Gasteiger partial charge on any atom is 0.0410 e. The Labute approximate surface area is 110 Å². The molecule has 0 radical (unpaired) electrons. The highest BCUT2D eigenvalue weighted by Crippen LogP contribution is 2.32. The minimum absolute atomic E-state index is 0.422. The minimum Gasteiger partial charge on any atom is -0.302 e. The lowest BCUT2D eigenvalue weighted by Gasteiger charge is -2.34. The summed E-state index contributed by atoms with van der Waals surface area (Å²) in [6, 6.07) is 2.12. The SMILES string of the molecule is CN(Cc1cncc(Br)c1)CC1CC(Cl)C1. The van der Waals surface area contributed by atoms with Gasteiger partial charge in [0.15, 0.2) is 0 Å². The smallest absolute Gasteiger partial charge is 0.0410 e. The molecule has 1 fully saturated rings. The monoisotopic (exact) mass is 302 g/mol. The van der Waals surface area contributed by atoms with Crippen molar-refractivity contribution in [2.75, 3.05) is 13.6 Å². The van der Waals surface area contributed by atoms with E-state index < -0.39 is 0 Å². The predicted molar refractivity (Wildman–Crippen MR) is 70.6 cm³/mol. The molecule has 1 heterocycles. The number of pyridine rings is 1. The van der Waals surface area contributed by atoms with Crippen molar-refractivity contribution >= 4 is 27.5 Å². The Bertz CT molecular complexity index is 353. The minimum atomic E-state index is 0.422. The predicted octanol–water partition coefficient (Wildman–Crippen LogP) is 3.29. The normalized spacial score (nSPS) is 24.5. The molecule has 4 heteroatoms.